The highest BCUT2D eigenvalue weighted by molar-refractivity contribution is 5.82. The second kappa shape index (κ2) is 5.08. The van der Waals surface area contributed by atoms with E-state index in [4.69, 9.17) is 4.98 Å². The summed E-state index contributed by atoms with van der Waals surface area (Å²) in [7, 11) is 3.99. The van der Waals surface area contributed by atoms with Gasteiger partial charge in [-0.05, 0) is 31.2 Å². The summed E-state index contributed by atoms with van der Waals surface area (Å²) < 4.78 is 2.08. The van der Waals surface area contributed by atoms with Crippen molar-refractivity contribution < 1.29 is 0 Å². The zero-order chi connectivity index (χ0) is 16.0. The standard InChI is InChI=1S/C17H18N6/c1-4-22-15-12(6-5-9-18-15)16-19-10-11-23(16)13-7-8-14(21(2)3)20-17(13)22/h5-11H,4H2,1-3H3. The van der Waals surface area contributed by atoms with Gasteiger partial charge in [-0.15, -0.1) is 0 Å². The number of imidazole rings is 1. The van der Waals surface area contributed by atoms with Crippen LogP contribution in [0, 0.1) is 0 Å². The van der Waals surface area contributed by atoms with E-state index in [9.17, 15) is 0 Å². The molecule has 23 heavy (non-hydrogen) atoms. The van der Waals surface area contributed by atoms with Gasteiger partial charge in [-0.25, -0.2) is 15.0 Å². The molecule has 3 aromatic heterocycles. The Morgan fingerprint density at radius 3 is 2.70 bits per heavy atom. The van der Waals surface area contributed by atoms with Crippen molar-refractivity contribution in [3.8, 4) is 17.1 Å². The summed E-state index contributed by atoms with van der Waals surface area (Å²) in [5.74, 6) is 3.60. The van der Waals surface area contributed by atoms with Crippen LogP contribution in [0.2, 0.25) is 0 Å². The van der Waals surface area contributed by atoms with Gasteiger partial charge in [0, 0.05) is 39.2 Å². The molecule has 4 rings (SSSR count). The topological polar surface area (TPSA) is 50.1 Å². The Morgan fingerprint density at radius 2 is 1.91 bits per heavy atom. The van der Waals surface area contributed by atoms with E-state index in [0.29, 0.717) is 0 Å². The van der Waals surface area contributed by atoms with E-state index in [1.165, 1.54) is 0 Å². The second-order valence-corrected chi connectivity index (χ2v) is 5.65. The molecular formula is C17H18N6. The van der Waals surface area contributed by atoms with Crippen molar-refractivity contribution in [2.24, 2.45) is 0 Å². The van der Waals surface area contributed by atoms with Crippen molar-refractivity contribution in [2.45, 2.75) is 6.92 Å². The Kier molecular flexibility index (Phi) is 3.04. The summed E-state index contributed by atoms with van der Waals surface area (Å²) in [5, 5.41) is 0. The van der Waals surface area contributed by atoms with Crippen molar-refractivity contribution in [3.63, 3.8) is 0 Å². The molecule has 1 aliphatic rings. The number of pyridine rings is 2. The second-order valence-electron chi connectivity index (χ2n) is 5.65. The first-order valence-corrected chi connectivity index (χ1v) is 7.65. The van der Waals surface area contributed by atoms with Crippen LogP contribution in [0.25, 0.3) is 17.1 Å². The lowest BCUT2D eigenvalue weighted by Crippen LogP contribution is -2.21. The molecular weight excluding hydrogens is 288 g/mol. The van der Waals surface area contributed by atoms with Gasteiger partial charge in [-0.1, -0.05) is 0 Å². The number of nitrogens with zero attached hydrogens (tertiary/aromatic N) is 6. The van der Waals surface area contributed by atoms with Gasteiger partial charge in [0.25, 0.3) is 0 Å². The fourth-order valence-electron chi connectivity index (χ4n) is 2.95. The number of aromatic nitrogens is 4. The van der Waals surface area contributed by atoms with Crippen LogP contribution in [-0.4, -0.2) is 40.2 Å². The molecule has 0 N–H and O–H groups in total. The third-order valence-electron chi connectivity index (χ3n) is 4.05. The van der Waals surface area contributed by atoms with E-state index in [0.717, 1.165) is 41.1 Å². The van der Waals surface area contributed by atoms with E-state index >= 15 is 0 Å². The molecule has 4 heterocycles. The van der Waals surface area contributed by atoms with Crippen LogP contribution >= 0.6 is 0 Å². The number of anilines is 3. The first-order valence-electron chi connectivity index (χ1n) is 7.65. The molecule has 0 fully saturated rings. The average molecular weight is 306 g/mol. The molecule has 1 aliphatic heterocycles. The lowest BCUT2D eigenvalue weighted by atomic mass is 10.2. The molecule has 0 amide bonds. The Hall–Kier alpha value is -2.89. The van der Waals surface area contributed by atoms with Gasteiger partial charge in [0.15, 0.2) is 5.82 Å². The molecule has 6 heteroatoms. The van der Waals surface area contributed by atoms with Crippen LogP contribution in [0.15, 0.2) is 42.9 Å². The minimum absolute atomic E-state index is 0.783. The zero-order valence-corrected chi connectivity index (χ0v) is 13.4. The quantitative estimate of drug-likeness (QED) is 0.728. The Labute approximate surface area is 135 Å². The number of hydrogen-bond acceptors (Lipinski definition) is 5. The van der Waals surface area contributed by atoms with Crippen LogP contribution < -0.4 is 9.80 Å². The lowest BCUT2D eigenvalue weighted by molar-refractivity contribution is 0.943. The average Bonchev–Trinajstić information content (AvgIpc) is 3.01. The molecule has 0 atom stereocenters. The monoisotopic (exact) mass is 306 g/mol. The van der Waals surface area contributed by atoms with Crippen LogP contribution in [0.3, 0.4) is 0 Å². The Bertz CT molecular complexity index is 867. The molecule has 0 aromatic carbocycles. The summed E-state index contributed by atoms with van der Waals surface area (Å²) in [6.45, 7) is 2.89. The highest BCUT2D eigenvalue weighted by atomic mass is 15.3. The lowest BCUT2D eigenvalue weighted by Gasteiger charge is -2.24. The van der Waals surface area contributed by atoms with Gasteiger partial charge >= 0.3 is 0 Å². The van der Waals surface area contributed by atoms with Gasteiger partial charge in [0.1, 0.15) is 17.5 Å². The van der Waals surface area contributed by atoms with Crippen LogP contribution in [0.4, 0.5) is 17.5 Å². The predicted octanol–water partition coefficient (Wildman–Crippen LogP) is 2.87. The SMILES string of the molecule is CCN1c2ncccc2-c2nccn2-c2ccc(N(C)C)nc21. The summed E-state index contributed by atoms with van der Waals surface area (Å²) in [4.78, 5) is 18.2. The molecule has 0 spiro atoms. The highest BCUT2D eigenvalue weighted by Gasteiger charge is 2.26. The van der Waals surface area contributed by atoms with Crippen LogP contribution in [0.1, 0.15) is 6.92 Å². The molecule has 0 unspecified atom stereocenters. The minimum Gasteiger partial charge on any atom is -0.363 e. The van der Waals surface area contributed by atoms with Crippen molar-refractivity contribution in [3.05, 3.63) is 42.9 Å². The minimum atomic E-state index is 0.783. The van der Waals surface area contributed by atoms with Crippen LogP contribution in [0.5, 0.6) is 0 Å². The molecule has 0 radical (unpaired) electrons. The fraction of sp³-hybridized carbons (Fsp3) is 0.235. The van der Waals surface area contributed by atoms with Crippen molar-refractivity contribution in [1.29, 1.82) is 0 Å². The molecule has 0 aliphatic carbocycles. The maximum absolute atomic E-state index is 4.87. The maximum Gasteiger partial charge on any atom is 0.160 e. The summed E-state index contributed by atoms with van der Waals surface area (Å²) in [6, 6.07) is 8.13. The third-order valence-corrected chi connectivity index (χ3v) is 4.05. The summed E-state index contributed by atoms with van der Waals surface area (Å²) in [5.41, 5.74) is 2.03. The largest absolute Gasteiger partial charge is 0.363 e. The normalized spacial score (nSPS) is 12.2. The van der Waals surface area contributed by atoms with E-state index in [-0.39, 0.29) is 0 Å². The van der Waals surface area contributed by atoms with Gasteiger partial charge < -0.3 is 9.80 Å². The fourth-order valence-corrected chi connectivity index (χ4v) is 2.95. The van der Waals surface area contributed by atoms with Crippen molar-refractivity contribution in [2.75, 3.05) is 30.4 Å². The maximum atomic E-state index is 4.87. The number of fused-ring (bicyclic) bond motifs is 5. The van der Waals surface area contributed by atoms with Gasteiger partial charge in [-0.3, -0.25) is 4.57 Å². The van der Waals surface area contributed by atoms with E-state index in [1.807, 2.05) is 49.7 Å². The van der Waals surface area contributed by atoms with E-state index in [2.05, 4.69) is 38.5 Å². The molecule has 3 aromatic rings. The Morgan fingerprint density at radius 1 is 1.04 bits per heavy atom. The van der Waals surface area contributed by atoms with Crippen molar-refractivity contribution in [1.82, 2.24) is 19.5 Å². The molecule has 0 saturated heterocycles. The molecule has 116 valence electrons. The summed E-state index contributed by atoms with van der Waals surface area (Å²) in [6.07, 6.45) is 5.61. The zero-order valence-electron chi connectivity index (χ0n) is 13.4. The van der Waals surface area contributed by atoms with Gasteiger partial charge in [0.2, 0.25) is 0 Å². The van der Waals surface area contributed by atoms with E-state index in [1.54, 1.807) is 0 Å². The highest BCUT2D eigenvalue weighted by Crippen LogP contribution is 2.40. The molecule has 6 nitrogen and oxygen atoms in total. The predicted molar refractivity (Wildman–Crippen MR) is 91.6 cm³/mol. The molecule has 0 saturated carbocycles. The van der Waals surface area contributed by atoms with Gasteiger partial charge in [0.05, 0.1) is 11.3 Å². The van der Waals surface area contributed by atoms with Gasteiger partial charge in [-0.2, -0.15) is 0 Å². The van der Waals surface area contributed by atoms with Crippen molar-refractivity contribution >= 4 is 17.5 Å². The first kappa shape index (κ1) is 13.8. The Balaban J connectivity index is 2.07. The smallest absolute Gasteiger partial charge is 0.160 e. The van der Waals surface area contributed by atoms with Crippen LogP contribution in [-0.2, 0) is 0 Å². The van der Waals surface area contributed by atoms with E-state index < -0.39 is 0 Å². The summed E-state index contributed by atoms with van der Waals surface area (Å²) >= 11 is 0. The molecule has 0 bridgehead atoms. The first-order chi connectivity index (χ1) is 11.2. The number of hydrogen-bond donors (Lipinski definition) is 0. The third kappa shape index (κ3) is 1.98. The number of rotatable bonds is 2.